The maximum Gasteiger partial charge on any atom is 0.171 e. The molecule has 0 aliphatic rings. The van der Waals surface area contributed by atoms with Gasteiger partial charge in [0.25, 0.3) is 0 Å². The predicted octanol–water partition coefficient (Wildman–Crippen LogP) is 3.90. The van der Waals surface area contributed by atoms with Crippen molar-refractivity contribution in [3.05, 3.63) is 58.1 Å². The van der Waals surface area contributed by atoms with Crippen molar-refractivity contribution >= 4 is 21.8 Å². The zero-order valence-electron chi connectivity index (χ0n) is 11.0. The summed E-state index contributed by atoms with van der Waals surface area (Å²) in [5.41, 5.74) is 7.44. The fraction of sp³-hybridized carbons (Fsp3) is 0.133. The summed E-state index contributed by atoms with van der Waals surface area (Å²) in [5, 5.41) is 11.7. The van der Waals surface area contributed by atoms with Crippen molar-refractivity contribution in [2.75, 3.05) is 0 Å². The number of amidine groups is 1. The molecule has 0 saturated carbocycles. The molecule has 2 aromatic carbocycles. The van der Waals surface area contributed by atoms with E-state index in [1.807, 2.05) is 24.3 Å². The van der Waals surface area contributed by atoms with E-state index < -0.39 is 0 Å². The standard InChI is InChI=1S/C15H15BrN2O2/c1-2-10-3-5-11(6-4-10)20-12-7-8-13(14(16)9-12)15(17)18-19/h3-9,19H,2H2,1H3,(H2,17,18). The molecule has 3 N–H and O–H groups in total. The Morgan fingerprint density at radius 3 is 2.40 bits per heavy atom. The third-order valence-electron chi connectivity index (χ3n) is 2.89. The van der Waals surface area contributed by atoms with Gasteiger partial charge in [-0.2, -0.15) is 0 Å². The van der Waals surface area contributed by atoms with Crippen molar-refractivity contribution in [1.82, 2.24) is 0 Å². The van der Waals surface area contributed by atoms with Crippen LogP contribution in [0.4, 0.5) is 0 Å². The first-order valence-electron chi connectivity index (χ1n) is 6.18. The Kier molecular flexibility index (Phi) is 4.63. The highest BCUT2D eigenvalue weighted by Gasteiger charge is 2.07. The first kappa shape index (κ1) is 14.4. The maximum absolute atomic E-state index is 8.68. The molecule has 0 aliphatic heterocycles. The molecular formula is C15H15BrN2O2. The van der Waals surface area contributed by atoms with Gasteiger partial charge in [-0.3, -0.25) is 0 Å². The molecule has 0 heterocycles. The largest absolute Gasteiger partial charge is 0.457 e. The minimum absolute atomic E-state index is 0.0516. The average molecular weight is 335 g/mol. The molecule has 0 saturated heterocycles. The van der Waals surface area contributed by atoms with E-state index in [0.29, 0.717) is 15.8 Å². The van der Waals surface area contributed by atoms with E-state index in [2.05, 4.69) is 28.0 Å². The van der Waals surface area contributed by atoms with Crippen LogP contribution < -0.4 is 10.5 Å². The number of halogens is 1. The number of aryl methyl sites for hydroxylation is 1. The molecule has 2 rings (SSSR count). The zero-order chi connectivity index (χ0) is 14.5. The molecule has 0 aliphatic carbocycles. The summed E-state index contributed by atoms with van der Waals surface area (Å²) in [7, 11) is 0. The highest BCUT2D eigenvalue weighted by molar-refractivity contribution is 9.10. The lowest BCUT2D eigenvalue weighted by atomic mass is 10.2. The molecule has 0 radical (unpaired) electrons. The van der Waals surface area contributed by atoms with E-state index in [1.54, 1.807) is 18.2 Å². The van der Waals surface area contributed by atoms with Crippen LogP contribution in [-0.4, -0.2) is 11.0 Å². The van der Waals surface area contributed by atoms with Crippen LogP contribution in [-0.2, 0) is 6.42 Å². The average Bonchev–Trinajstić information content (AvgIpc) is 2.47. The second-order valence-electron chi connectivity index (χ2n) is 4.23. The van der Waals surface area contributed by atoms with E-state index in [9.17, 15) is 0 Å². The summed E-state index contributed by atoms with van der Waals surface area (Å²) in [6.45, 7) is 2.11. The molecule has 0 unspecified atom stereocenters. The quantitative estimate of drug-likeness (QED) is 0.385. The molecule has 0 spiro atoms. The van der Waals surface area contributed by atoms with Crippen LogP contribution in [0.2, 0.25) is 0 Å². The number of oxime groups is 1. The van der Waals surface area contributed by atoms with E-state index in [-0.39, 0.29) is 5.84 Å². The van der Waals surface area contributed by atoms with Crippen molar-refractivity contribution in [2.45, 2.75) is 13.3 Å². The lowest BCUT2D eigenvalue weighted by Crippen LogP contribution is -2.13. The second-order valence-corrected chi connectivity index (χ2v) is 5.08. The molecule has 20 heavy (non-hydrogen) atoms. The van der Waals surface area contributed by atoms with Crippen molar-refractivity contribution < 1.29 is 9.94 Å². The molecule has 0 fully saturated rings. The molecular weight excluding hydrogens is 320 g/mol. The van der Waals surface area contributed by atoms with Gasteiger partial charge in [0.05, 0.1) is 0 Å². The highest BCUT2D eigenvalue weighted by atomic mass is 79.9. The number of hydrogen-bond acceptors (Lipinski definition) is 3. The van der Waals surface area contributed by atoms with Crippen molar-refractivity contribution in [3.63, 3.8) is 0 Å². The Morgan fingerprint density at radius 2 is 1.85 bits per heavy atom. The van der Waals surface area contributed by atoms with Crippen molar-refractivity contribution in [1.29, 1.82) is 0 Å². The second kappa shape index (κ2) is 6.43. The number of ether oxygens (including phenoxy) is 1. The van der Waals surface area contributed by atoms with Gasteiger partial charge in [-0.1, -0.05) is 24.2 Å². The minimum Gasteiger partial charge on any atom is -0.457 e. The fourth-order valence-electron chi connectivity index (χ4n) is 1.75. The van der Waals surface area contributed by atoms with Gasteiger partial charge in [0.2, 0.25) is 0 Å². The monoisotopic (exact) mass is 334 g/mol. The van der Waals surface area contributed by atoms with E-state index >= 15 is 0 Å². The first-order valence-corrected chi connectivity index (χ1v) is 6.97. The smallest absolute Gasteiger partial charge is 0.171 e. The molecule has 0 amide bonds. The third kappa shape index (κ3) is 3.30. The van der Waals surface area contributed by atoms with E-state index in [0.717, 1.165) is 12.2 Å². The van der Waals surface area contributed by atoms with Gasteiger partial charge >= 0.3 is 0 Å². The summed E-state index contributed by atoms with van der Waals surface area (Å²) in [6.07, 6.45) is 1.00. The summed E-state index contributed by atoms with van der Waals surface area (Å²) < 4.78 is 6.46. The molecule has 5 heteroatoms. The van der Waals surface area contributed by atoms with Gasteiger partial charge in [0, 0.05) is 10.0 Å². The molecule has 2 aromatic rings. The highest BCUT2D eigenvalue weighted by Crippen LogP contribution is 2.27. The van der Waals surface area contributed by atoms with Gasteiger partial charge in [0.1, 0.15) is 11.5 Å². The van der Waals surface area contributed by atoms with Crippen LogP contribution in [0.15, 0.2) is 52.1 Å². The number of hydrogen-bond donors (Lipinski definition) is 2. The number of benzene rings is 2. The number of nitrogens with zero attached hydrogens (tertiary/aromatic N) is 1. The normalized spacial score (nSPS) is 11.4. The Balaban J connectivity index is 2.19. The lowest BCUT2D eigenvalue weighted by molar-refractivity contribution is 0.318. The predicted molar refractivity (Wildman–Crippen MR) is 82.5 cm³/mol. The first-order chi connectivity index (χ1) is 9.63. The lowest BCUT2D eigenvalue weighted by Gasteiger charge is -2.09. The Labute approximate surface area is 126 Å². The van der Waals surface area contributed by atoms with Crippen LogP contribution in [0.5, 0.6) is 11.5 Å². The van der Waals surface area contributed by atoms with Gasteiger partial charge in [0.15, 0.2) is 5.84 Å². The zero-order valence-corrected chi connectivity index (χ0v) is 12.6. The number of nitrogens with two attached hydrogens (primary N) is 1. The molecule has 0 aromatic heterocycles. The SMILES string of the molecule is CCc1ccc(Oc2ccc(/C(N)=N/O)c(Br)c2)cc1. The Hall–Kier alpha value is -2.01. The summed E-state index contributed by atoms with van der Waals surface area (Å²) in [4.78, 5) is 0. The maximum atomic E-state index is 8.68. The summed E-state index contributed by atoms with van der Waals surface area (Å²) in [5.74, 6) is 1.50. The topological polar surface area (TPSA) is 67.8 Å². The molecule has 104 valence electrons. The van der Waals surface area contributed by atoms with Gasteiger partial charge in [-0.15, -0.1) is 0 Å². The van der Waals surface area contributed by atoms with Crippen LogP contribution in [0.3, 0.4) is 0 Å². The summed E-state index contributed by atoms with van der Waals surface area (Å²) in [6, 6.07) is 13.2. The van der Waals surface area contributed by atoms with Gasteiger partial charge in [-0.05, 0) is 58.2 Å². The summed E-state index contributed by atoms with van der Waals surface area (Å²) >= 11 is 3.37. The minimum atomic E-state index is 0.0516. The molecule has 0 atom stereocenters. The van der Waals surface area contributed by atoms with Crippen LogP contribution >= 0.6 is 15.9 Å². The van der Waals surface area contributed by atoms with E-state index in [1.165, 1.54) is 5.56 Å². The van der Waals surface area contributed by atoms with Crippen molar-refractivity contribution in [2.24, 2.45) is 10.9 Å². The van der Waals surface area contributed by atoms with E-state index in [4.69, 9.17) is 15.7 Å². The van der Waals surface area contributed by atoms with Crippen LogP contribution in [0.1, 0.15) is 18.1 Å². The molecule has 4 nitrogen and oxygen atoms in total. The number of rotatable bonds is 4. The van der Waals surface area contributed by atoms with Gasteiger partial charge in [-0.25, -0.2) is 0 Å². The Bertz CT molecular complexity index is 624. The van der Waals surface area contributed by atoms with Crippen LogP contribution in [0, 0.1) is 0 Å². The van der Waals surface area contributed by atoms with Gasteiger partial charge < -0.3 is 15.7 Å². The van der Waals surface area contributed by atoms with Crippen molar-refractivity contribution in [3.8, 4) is 11.5 Å². The Morgan fingerprint density at radius 1 is 1.20 bits per heavy atom. The molecule has 0 bridgehead atoms. The fourth-order valence-corrected chi connectivity index (χ4v) is 2.31. The van der Waals surface area contributed by atoms with Crippen LogP contribution in [0.25, 0.3) is 0 Å². The third-order valence-corrected chi connectivity index (χ3v) is 3.55.